The zero-order valence-electron chi connectivity index (χ0n) is 15.4. The Bertz CT molecular complexity index is 940. The maximum absolute atomic E-state index is 8.08. The molecule has 0 atom stereocenters. The predicted molar refractivity (Wildman–Crippen MR) is 112 cm³/mol. The lowest BCUT2D eigenvalue weighted by molar-refractivity contribution is 0.590. The molecule has 3 aromatic carbocycles. The Morgan fingerprint density at radius 1 is 0.962 bits per heavy atom. The Hall–Kier alpha value is -2.52. The Balaban J connectivity index is 1.99. The van der Waals surface area contributed by atoms with E-state index < -0.39 is 0 Å². The van der Waals surface area contributed by atoms with E-state index in [1.807, 2.05) is 41.3 Å². The van der Waals surface area contributed by atoms with Crippen molar-refractivity contribution in [1.29, 1.82) is 5.41 Å². The summed E-state index contributed by atoms with van der Waals surface area (Å²) in [6, 6.07) is 20.2. The number of nitrogens with two attached hydrogens (primary N) is 1. The van der Waals surface area contributed by atoms with Crippen molar-refractivity contribution in [1.82, 2.24) is 0 Å². The van der Waals surface area contributed by atoms with Crippen LogP contribution in [0.15, 0.2) is 60.7 Å². The van der Waals surface area contributed by atoms with Crippen molar-refractivity contribution in [3.63, 3.8) is 0 Å². The lowest BCUT2D eigenvalue weighted by atomic mass is 9.87. The maximum Gasteiger partial charge on any atom is 0.193 e. The molecule has 3 nitrogen and oxygen atoms in total. The van der Waals surface area contributed by atoms with Crippen LogP contribution in [-0.4, -0.2) is 5.96 Å². The Morgan fingerprint density at radius 2 is 1.58 bits per heavy atom. The zero-order chi connectivity index (χ0) is 18.9. The molecule has 0 aliphatic carbocycles. The van der Waals surface area contributed by atoms with Crippen molar-refractivity contribution < 1.29 is 0 Å². The van der Waals surface area contributed by atoms with Crippen LogP contribution in [0.5, 0.6) is 0 Å². The quantitative estimate of drug-likeness (QED) is 0.462. The lowest BCUT2D eigenvalue weighted by Gasteiger charge is -2.25. The molecule has 3 N–H and O–H groups in total. The van der Waals surface area contributed by atoms with Crippen molar-refractivity contribution in [2.45, 2.75) is 32.7 Å². The highest BCUT2D eigenvalue weighted by atomic mass is 35.5. The van der Waals surface area contributed by atoms with Crippen LogP contribution < -0.4 is 10.6 Å². The predicted octanol–water partition coefficient (Wildman–Crippen LogP) is 5.69. The van der Waals surface area contributed by atoms with Gasteiger partial charge >= 0.3 is 0 Å². The van der Waals surface area contributed by atoms with Crippen LogP contribution >= 0.6 is 11.6 Å². The highest BCUT2D eigenvalue weighted by molar-refractivity contribution is 6.36. The average molecular weight is 366 g/mol. The summed E-state index contributed by atoms with van der Waals surface area (Å²) in [6.07, 6.45) is 0. The van der Waals surface area contributed by atoms with Gasteiger partial charge in [0, 0.05) is 15.8 Å². The maximum atomic E-state index is 8.08. The number of fused-ring (bicyclic) bond motifs is 1. The van der Waals surface area contributed by atoms with Crippen molar-refractivity contribution >= 4 is 34.0 Å². The Labute approximate surface area is 159 Å². The minimum atomic E-state index is 0.0115. The van der Waals surface area contributed by atoms with E-state index >= 15 is 0 Å². The van der Waals surface area contributed by atoms with Crippen LogP contribution in [0.1, 0.15) is 31.9 Å². The minimum Gasteiger partial charge on any atom is -0.370 e. The summed E-state index contributed by atoms with van der Waals surface area (Å²) in [4.78, 5) is 1.81. The molecule has 4 heteroatoms. The molecule has 0 bridgehead atoms. The number of nitrogens with zero attached hydrogens (tertiary/aromatic N) is 1. The van der Waals surface area contributed by atoms with Gasteiger partial charge in [0.05, 0.1) is 12.2 Å². The monoisotopic (exact) mass is 365 g/mol. The number of anilines is 1. The second kappa shape index (κ2) is 7.00. The third-order valence-corrected chi connectivity index (χ3v) is 4.92. The molecule has 0 fully saturated rings. The number of hydrogen-bond donors (Lipinski definition) is 2. The molecule has 3 aromatic rings. The summed E-state index contributed by atoms with van der Waals surface area (Å²) < 4.78 is 0. The number of rotatable bonds is 3. The smallest absolute Gasteiger partial charge is 0.193 e. The average Bonchev–Trinajstić information content (AvgIpc) is 2.60. The Kier molecular flexibility index (Phi) is 4.92. The number of nitrogens with one attached hydrogen (secondary N) is 1. The van der Waals surface area contributed by atoms with Gasteiger partial charge in [-0.2, -0.15) is 0 Å². The van der Waals surface area contributed by atoms with Crippen molar-refractivity contribution in [2.75, 3.05) is 4.90 Å². The molecule has 0 spiro atoms. The molecule has 0 aliphatic rings. The first-order valence-electron chi connectivity index (χ1n) is 8.65. The van der Waals surface area contributed by atoms with Gasteiger partial charge < -0.3 is 10.6 Å². The van der Waals surface area contributed by atoms with Crippen LogP contribution in [0.25, 0.3) is 10.8 Å². The van der Waals surface area contributed by atoms with Gasteiger partial charge in [-0.05, 0) is 28.7 Å². The van der Waals surface area contributed by atoms with E-state index in [4.69, 9.17) is 22.7 Å². The van der Waals surface area contributed by atoms with Crippen molar-refractivity contribution in [3.8, 4) is 0 Å². The second-order valence-corrected chi connectivity index (χ2v) is 7.94. The summed E-state index contributed by atoms with van der Waals surface area (Å²) in [5, 5.41) is 10.7. The van der Waals surface area contributed by atoms with E-state index in [9.17, 15) is 0 Å². The summed E-state index contributed by atoms with van der Waals surface area (Å²) in [5.74, 6) is 0.0115. The number of halogens is 1. The zero-order valence-corrected chi connectivity index (χ0v) is 16.1. The molecule has 0 aliphatic heterocycles. The first-order valence-corrected chi connectivity index (χ1v) is 9.03. The van der Waals surface area contributed by atoms with E-state index in [1.54, 1.807) is 0 Å². The molecule has 0 saturated carbocycles. The fourth-order valence-electron chi connectivity index (χ4n) is 3.07. The molecule has 0 saturated heterocycles. The number of hydrogen-bond acceptors (Lipinski definition) is 1. The van der Waals surface area contributed by atoms with Gasteiger partial charge in [0.1, 0.15) is 0 Å². The molecule has 26 heavy (non-hydrogen) atoms. The third-order valence-electron chi connectivity index (χ3n) is 4.59. The molecule has 0 amide bonds. The standard InChI is InChI=1S/C22H24ClN3/c1-22(2,3)16-10-8-15(9-11-16)14-26(21(24)25)20-13-12-19(23)17-6-4-5-7-18(17)20/h4-13H,14H2,1-3H3,(H3,24,25). The van der Waals surface area contributed by atoms with Gasteiger partial charge in [-0.3, -0.25) is 5.41 Å². The SMILES string of the molecule is CC(C)(C)c1ccc(CN(C(=N)N)c2ccc(Cl)c3ccccc23)cc1. The molecule has 0 radical (unpaired) electrons. The molecular weight excluding hydrogens is 342 g/mol. The first-order chi connectivity index (χ1) is 12.3. The molecule has 0 unspecified atom stereocenters. The van der Waals surface area contributed by atoms with Gasteiger partial charge in [0.2, 0.25) is 0 Å². The van der Waals surface area contributed by atoms with Crippen LogP contribution in [0, 0.1) is 5.41 Å². The van der Waals surface area contributed by atoms with E-state index in [0.29, 0.717) is 11.6 Å². The fraction of sp³-hybridized carbons (Fsp3) is 0.227. The minimum absolute atomic E-state index is 0.0115. The largest absolute Gasteiger partial charge is 0.370 e. The van der Waals surface area contributed by atoms with E-state index in [0.717, 1.165) is 22.0 Å². The van der Waals surface area contributed by atoms with Crippen LogP contribution in [0.4, 0.5) is 5.69 Å². The molecule has 134 valence electrons. The summed E-state index contributed by atoms with van der Waals surface area (Å²) in [6.45, 7) is 7.13. The van der Waals surface area contributed by atoms with Gasteiger partial charge in [-0.15, -0.1) is 0 Å². The normalized spacial score (nSPS) is 11.5. The van der Waals surface area contributed by atoms with E-state index in [1.165, 1.54) is 5.56 Å². The highest BCUT2D eigenvalue weighted by Gasteiger charge is 2.16. The molecule has 0 aromatic heterocycles. The molecule has 0 heterocycles. The van der Waals surface area contributed by atoms with Crippen LogP contribution in [0.3, 0.4) is 0 Å². The summed E-state index contributed by atoms with van der Waals surface area (Å²) in [7, 11) is 0. The first kappa shape index (κ1) is 18.3. The van der Waals surface area contributed by atoms with Crippen LogP contribution in [-0.2, 0) is 12.0 Å². The molecule has 3 rings (SSSR count). The van der Waals surface area contributed by atoms with E-state index in [-0.39, 0.29) is 11.4 Å². The van der Waals surface area contributed by atoms with Gasteiger partial charge in [0.15, 0.2) is 5.96 Å². The van der Waals surface area contributed by atoms with E-state index in [2.05, 4.69) is 45.0 Å². The molecular formula is C22H24ClN3. The van der Waals surface area contributed by atoms with Gasteiger partial charge in [0.25, 0.3) is 0 Å². The highest BCUT2D eigenvalue weighted by Crippen LogP contribution is 2.33. The lowest BCUT2D eigenvalue weighted by Crippen LogP contribution is -2.36. The topological polar surface area (TPSA) is 53.1 Å². The summed E-state index contributed by atoms with van der Waals surface area (Å²) in [5.41, 5.74) is 9.31. The van der Waals surface area contributed by atoms with Gasteiger partial charge in [-0.25, -0.2) is 0 Å². The van der Waals surface area contributed by atoms with Crippen LogP contribution in [0.2, 0.25) is 5.02 Å². The number of guanidine groups is 1. The third kappa shape index (κ3) is 3.68. The van der Waals surface area contributed by atoms with Crippen molar-refractivity contribution in [2.24, 2.45) is 5.73 Å². The fourth-order valence-corrected chi connectivity index (χ4v) is 3.30. The Morgan fingerprint density at radius 3 is 2.15 bits per heavy atom. The van der Waals surface area contributed by atoms with Gasteiger partial charge in [-0.1, -0.05) is 80.9 Å². The number of benzene rings is 3. The summed E-state index contributed by atoms with van der Waals surface area (Å²) >= 11 is 6.33. The second-order valence-electron chi connectivity index (χ2n) is 7.53. The van der Waals surface area contributed by atoms with Crippen molar-refractivity contribution in [3.05, 3.63) is 76.8 Å².